The Hall–Kier alpha value is -4.00. The number of amides is 1. The van der Waals surface area contributed by atoms with Gasteiger partial charge in [0.1, 0.15) is 12.7 Å². The number of benzene rings is 1. The number of nitrogens with one attached hydrogen (secondary N) is 1. The molecule has 0 fully saturated rings. The summed E-state index contributed by atoms with van der Waals surface area (Å²) in [6, 6.07) is 6.38. The van der Waals surface area contributed by atoms with Crippen LogP contribution >= 0.6 is 0 Å². The largest absolute Gasteiger partial charge is 0.459 e. The highest BCUT2D eigenvalue weighted by molar-refractivity contribution is 5.94. The molecule has 0 atom stereocenters. The molecule has 0 aliphatic heterocycles. The number of nitrogens with zero attached hydrogens (tertiary/aromatic N) is 6. The van der Waals surface area contributed by atoms with Crippen LogP contribution in [0.5, 0.6) is 0 Å². The Morgan fingerprint density at radius 3 is 2.76 bits per heavy atom. The number of halogens is 3. The third kappa shape index (κ3) is 5.49. The Kier molecular flexibility index (Phi) is 6.72. The first-order valence-electron chi connectivity index (χ1n) is 10.3. The molecule has 0 saturated carbocycles. The SMILES string of the molecule is CCCN(CC(=O)Nc1cc(C(F)(F)F)ccc1-n1cncn1)Cc1nnc(-c2ccco2)o1. The summed E-state index contributed by atoms with van der Waals surface area (Å²) in [6.07, 6.45) is 0.203. The molecule has 1 aromatic carbocycles. The van der Waals surface area contributed by atoms with E-state index in [1.807, 2.05) is 6.92 Å². The molecule has 3 heterocycles. The fraction of sp³-hybridized carbons (Fsp3) is 0.286. The number of anilines is 1. The van der Waals surface area contributed by atoms with Crippen molar-refractivity contribution in [2.24, 2.45) is 0 Å². The topological polar surface area (TPSA) is 115 Å². The van der Waals surface area contributed by atoms with Gasteiger partial charge in [0.25, 0.3) is 5.89 Å². The molecule has 0 aliphatic rings. The number of rotatable bonds is 9. The van der Waals surface area contributed by atoms with Crippen molar-refractivity contribution in [2.75, 3.05) is 18.4 Å². The summed E-state index contributed by atoms with van der Waals surface area (Å²) < 4.78 is 51.8. The molecule has 10 nitrogen and oxygen atoms in total. The maximum absolute atomic E-state index is 13.3. The third-order valence-electron chi connectivity index (χ3n) is 4.73. The van der Waals surface area contributed by atoms with Crippen molar-refractivity contribution >= 4 is 11.6 Å². The van der Waals surface area contributed by atoms with Crippen LogP contribution in [-0.2, 0) is 17.5 Å². The third-order valence-corrected chi connectivity index (χ3v) is 4.73. The fourth-order valence-electron chi connectivity index (χ4n) is 3.28. The van der Waals surface area contributed by atoms with Crippen LogP contribution in [0.25, 0.3) is 17.3 Å². The zero-order valence-corrected chi connectivity index (χ0v) is 18.0. The van der Waals surface area contributed by atoms with E-state index in [-0.39, 0.29) is 36.2 Å². The van der Waals surface area contributed by atoms with Crippen molar-refractivity contribution in [3.8, 4) is 17.3 Å². The summed E-state index contributed by atoms with van der Waals surface area (Å²) in [6.45, 7) is 2.51. The quantitative estimate of drug-likeness (QED) is 0.389. The van der Waals surface area contributed by atoms with Crippen LogP contribution in [0.2, 0.25) is 0 Å². The van der Waals surface area contributed by atoms with E-state index in [1.54, 1.807) is 17.0 Å². The lowest BCUT2D eigenvalue weighted by molar-refractivity contribution is -0.137. The minimum absolute atomic E-state index is 0.0420. The number of aromatic nitrogens is 5. The summed E-state index contributed by atoms with van der Waals surface area (Å²) in [7, 11) is 0. The van der Waals surface area contributed by atoms with Gasteiger partial charge < -0.3 is 14.2 Å². The lowest BCUT2D eigenvalue weighted by Crippen LogP contribution is -2.34. The first-order valence-corrected chi connectivity index (χ1v) is 10.3. The van der Waals surface area contributed by atoms with E-state index in [9.17, 15) is 18.0 Å². The van der Waals surface area contributed by atoms with Crippen molar-refractivity contribution in [3.05, 3.63) is 60.7 Å². The van der Waals surface area contributed by atoms with Gasteiger partial charge in [-0.1, -0.05) is 6.92 Å². The second-order valence-corrected chi connectivity index (χ2v) is 7.31. The van der Waals surface area contributed by atoms with Gasteiger partial charge >= 0.3 is 6.18 Å². The minimum atomic E-state index is -4.57. The predicted molar refractivity (Wildman–Crippen MR) is 113 cm³/mol. The molecule has 4 rings (SSSR count). The summed E-state index contributed by atoms with van der Waals surface area (Å²) >= 11 is 0. The van der Waals surface area contributed by atoms with Gasteiger partial charge in [-0.15, -0.1) is 10.2 Å². The monoisotopic (exact) mass is 475 g/mol. The number of furan rings is 1. The van der Waals surface area contributed by atoms with Gasteiger partial charge in [0, 0.05) is 0 Å². The van der Waals surface area contributed by atoms with Crippen LogP contribution in [0.15, 0.2) is 58.1 Å². The Balaban J connectivity index is 1.49. The number of carbonyl (C=O) groups is 1. The zero-order valence-electron chi connectivity index (χ0n) is 18.0. The minimum Gasteiger partial charge on any atom is -0.459 e. The van der Waals surface area contributed by atoms with Crippen LogP contribution < -0.4 is 5.32 Å². The highest BCUT2D eigenvalue weighted by atomic mass is 19.4. The van der Waals surface area contributed by atoms with Gasteiger partial charge in [-0.2, -0.15) is 18.3 Å². The second-order valence-electron chi connectivity index (χ2n) is 7.31. The van der Waals surface area contributed by atoms with Crippen LogP contribution in [0.1, 0.15) is 24.8 Å². The molecule has 0 bridgehead atoms. The average Bonchev–Trinajstić information content (AvgIpc) is 3.55. The van der Waals surface area contributed by atoms with Crippen LogP contribution in [0.4, 0.5) is 18.9 Å². The van der Waals surface area contributed by atoms with Crippen molar-refractivity contribution in [2.45, 2.75) is 26.1 Å². The maximum Gasteiger partial charge on any atom is 0.416 e. The molecule has 178 valence electrons. The molecule has 13 heteroatoms. The Morgan fingerprint density at radius 1 is 1.24 bits per heavy atom. The van der Waals surface area contributed by atoms with Crippen molar-refractivity contribution in [1.29, 1.82) is 0 Å². The van der Waals surface area contributed by atoms with E-state index in [1.165, 1.54) is 29.7 Å². The highest BCUT2D eigenvalue weighted by Gasteiger charge is 2.31. The highest BCUT2D eigenvalue weighted by Crippen LogP contribution is 2.33. The summed E-state index contributed by atoms with van der Waals surface area (Å²) in [5, 5.41) is 14.4. The van der Waals surface area contributed by atoms with Gasteiger partial charge in [-0.25, -0.2) is 9.67 Å². The molecule has 1 N–H and O–H groups in total. The lowest BCUT2D eigenvalue weighted by Gasteiger charge is -2.20. The van der Waals surface area contributed by atoms with E-state index >= 15 is 0 Å². The molecule has 0 aliphatic carbocycles. The molecule has 4 aromatic rings. The predicted octanol–water partition coefficient (Wildman–Crippen LogP) is 3.78. The van der Waals surface area contributed by atoms with Crippen molar-refractivity contribution in [1.82, 2.24) is 29.9 Å². The molecule has 3 aromatic heterocycles. The van der Waals surface area contributed by atoms with Gasteiger partial charge in [0.15, 0.2) is 5.76 Å². The lowest BCUT2D eigenvalue weighted by atomic mass is 10.1. The maximum atomic E-state index is 13.3. The molecule has 34 heavy (non-hydrogen) atoms. The molecule has 0 saturated heterocycles. The first kappa shape index (κ1) is 23.2. The second kappa shape index (κ2) is 9.87. The van der Waals surface area contributed by atoms with E-state index in [0.29, 0.717) is 12.3 Å². The van der Waals surface area contributed by atoms with Crippen LogP contribution in [0, 0.1) is 0 Å². The Bertz CT molecular complexity index is 1220. The molecule has 0 unspecified atom stereocenters. The summed E-state index contributed by atoms with van der Waals surface area (Å²) in [5.41, 5.74) is -0.686. The molecule has 1 amide bonds. The van der Waals surface area contributed by atoms with E-state index < -0.39 is 17.6 Å². The molecular formula is C21H20F3N7O3. The Morgan fingerprint density at radius 2 is 2.09 bits per heavy atom. The summed E-state index contributed by atoms with van der Waals surface area (Å²) in [4.78, 5) is 18.4. The van der Waals surface area contributed by atoms with Gasteiger partial charge in [0.05, 0.1) is 36.3 Å². The van der Waals surface area contributed by atoms with E-state index in [2.05, 4.69) is 25.6 Å². The number of hydrogen-bond donors (Lipinski definition) is 1. The smallest absolute Gasteiger partial charge is 0.416 e. The molecule has 0 spiro atoms. The molecule has 0 radical (unpaired) electrons. The summed E-state index contributed by atoms with van der Waals surface area (Å²) in [5.74, 6) is 0.390. The number of carbonyl (C=O) groups excluding carboxylic acids is 1. The van der Waals surface area contributed by atoms with Crippen LogP contribution in [0.3, 0.4) is 0 Å². The average molecular weight is 475 g/mol. The van der Waals surface area contributed by atoms with Gasteiger partial charge in [-0.05, 0) is 43.3 Å². The van der Waals surface area contributed by atoms with Crippen molar-refractivity contribution in [3.63, 3.8) is 0 Å². The first-order chi connectivity index (χ1) is 16.3. The standard InChI is InChI=1S/C21H20F3N7O3/c1-2-7-30(11-19-28-29-20(34-19)17-4-3-8-33-17)10-18(32)27-15-9-14(21(22,23)24)5-6-16(15)31-13-25-12-26-31/h3-6,8-9,12-13H,2,7,10-11H2,1H3,(H,27,32). The van der Waals surface area contributed by atoms with Crippen LogP contribution in [-0.4, -0.2) is 48.9 Å². The Labute approximate surface area is 191 Å². The molecular weight excluding hydrogens is 455 g/mol. The fourth-order valence-corrected chi connectivity index (χ4v) is 3.28. The van der Waals surface area contributed by atoms with Gasteiger partial charge in [-0.3, -0.25) is 9.69 Å². The van der Waals surface area contributed by atoms with E-state index in [4.69, 9.17) is 8.83 Å². The van der Waals surface area contributed by atoms with Gasteiger partial charge in [0.2, 0.25) is 11.8 Å². The number of alkyl halides is 3. The number of hydrogen-bond acceptors (Lipinski definition) is 8. The normalized spacial score (nSPS) is 11.8. The zero-order chi connectivity index (χ0) is 24.1. The van der Waals surface area contributed by atoms with E-state index in [0.717, 1.165) is 18.6 Å². The van der Waals surface area contributed by atoms with Crippen molar-refractivity contribution < 1.29 is 26.8 Å².